The molecule has 26 heavy (non-hydrogen) atoms. The highest BCUT2D eigenvalue weighted by atomic mass is 79.9. The molecule has 1 heterocycles. The number of benzene rings is 1. The van der Waals surface area contributed by atoms with Gasteiger partial charge in [0.05, 0.1) is 18.8 Å². The van der Waals surface area contributed by atoms with Crippen LogP contribution in [-0.4, -0.2) is 30.4 Å². The van der Waals surface area contributed by atoms with Crippen molar-refractivity contribution in [1.82, 2.24) is 15.6 Å². The van der Waals surface area contributed by atoms with Crippen molar-refractivity contribution >= 4 is 44.8 Å². The van der Waals surface area contributed by atoms with E-state index in [9.17, 15) is 4.79 Å². The highest BCUT2D eigenvalue weighted by molar-refractivity contribution is 9.10. The summed E-state index contributed by atoms with van der Waals surface area (Å²) in [5.74, 6) is 0.848. The predicted octanol–water partition coefficient (Wildman–Crippen LogP) is 3.64. The van der Waals surface area contributed by atoms with Gasteiger partial charge in [-0.3, -0.25) is 9.79 Å². The highest BCUT2D eigenvalue weighted by Crippen LogP contribution is 2.20. The number of amides is 1. The SMILES string of the molecule is CN=C(NCC(=O)Nc1cc(Br)ccc1C)NCc1nc(C(C)C)cs1. The lowest BCUT2D eigenvalue weighted by atomic mass is 10.2. The van der Waals surface area contributed by atoms with Crippen molar-refractivity contribution in [3.05, 3.63) is 44.3 Å². The third kappa shape index (κ3) is 6.10. The number of guanidine groups is 1. The molecule has 0 atom stereocenters. The Balaban J connectivity index is 1.82. The van der Waals surface area contributed by atoms with E-state index in [-0.39, 0.29) is 12.5 Å². The van der Waals surface area contributed by atoms with Crippen LogP contribution in [0.1, 0.15) is 36.0 Å². The monoisotopic (exact) mass is 437 g/mol. The lowest BCUT2D eigenvalue weighted by Gasteiger charge is -2.12. The molecule has 3 N–H and O–H groups in total. The molecule has 0 fully saturated rings. The van der Waals surface area contributed by atoms with Crippen LogP contribution in [0.4, 0.5) is 5.69 Å². The maximum atomic E-state index is 12.2. The van der Waals surface area contributed by atoms with Crippen LogP contribution in [0.15, 0.2) is 33.0 Å². The maximum absolute atomic E-state index is 12.2. The zero-order valence-corrected chi connectivity index (χ0v) is 17.8. The normalized spacial score (nSPS) is 11.5. The number of aliphatic imine (C=N–C) groups is 1. The number of hydrogen-bond acceptors (Lipinski definition) is 4. The summed E-state index contributed by atoms with van der Waals surface area (Å²) in [6.07, 6.45) is 0. The van der Waals surface area contributed by atoms with Gasteiger partial charge < -0.3 is 16.0 Å². The molecule has 8 heteroatoms. The van der Waals surface area contributed by atoms with Gasteiger partial charge in [0.1, 0.15) is 5.01 Å². The molecule has 1 amide bonds. The molecule has 0 unspecified atom stereocenters. The molecule has 1 aromatic carbocycles. The van der Waals surface area contributed by atoms with Crippen LogP contribution in [0.25, 0.3) is 0 Å². The smallest absolute Gasteiger partial charge is 0.243 e. The van der Waals surface area contributed by atoms with E-state index in [1.165, 1.54) is 0 Å². The molecule has 0 saturated heterocycles. The first kappa shape index (κ1) is 20.4. The summed E-state index contributed by atoms with van der Waals surface area (Å²) in [6, 6.07) is 5.78. The topological polar surface area (TPSA) is 78.4 Å². The molecule has 0 aliphatic rings. The van der Waals surface area contributed by atoms with Crippen molar-refractivity contribution < 1.29 is 4.79 Å². The summed E-state index contributed by atoms with van der Waals surface area (Å²) in [5.41, 5.74) is 2.89. The lowest BCUT2D eigenvalue weighted by Crippen LogP contribution is -2.41. The van der Waals surface area contributed by atoms with Gasteiger partial charge >= 0.3 is 0 Å². The molecule has 0 radical (unpaired) electrons. The maximum Gasteiger partial charge on any atom is 0.243 e. The van der Waals surface area contributed by atoms with Gasteiger partial charge in [-0.25, -0.2) is 4.98 Å². The van der Waals surface area contributed by atoms with E-state index in [0.29, 0.717) is 18.4 Å². The molecule has 0 spiro atoms. The molecule has 1 aromatic heterocycles. The number of aryl methyl sites for hydroxylation is 1. The van der Waals surface area contributed by atoms with Crippen molar-refractivity contribution in [2.75, 3.05) is 18.9 Å². The molecular weight excluding hydrogens is 414 g/mol. The second-order valence-corrected chi connectivity index (χ2v) is 7.97. The van der Waals surface area contributed by atoms with E-state index in [0.717, 1.165) is 26.4 Å². The van der Waals surface area contributed by atoms with Crippen molar-refractivity contribution in [3.63, 3.8) is 0 Å². The Bertz CT molecular complexity index is 788. The van der Waals surface area contributed by atoms with Crippen LogP contribution in [-0.2, 0) is 11.3 Å². The third-order valence-electron chi connectivity index (χ3n) is 3.68. The number of carbonyl (C=O) groups is 1. The standard InChI is InChI=1S/C18H24BrN5OS/c1-11(2)15-10-26-17(24-15)9-22-18(20-4)21-8-16(25)23-14-7-13(19)6-5-12(14)3/h5-7,10-11H,8-9H2,1-4H3,(H,23,25)(H2,20,21,22). The summed E-state index contributed by atoms with van der Waals surface area (Å²) >= 11 is 5.03. The van der Waals surface area contributed by atoms with E-state index in [1.54, 1.807) is 18.4 Å². The van der Waals surface area contributed by atoms with E-state index in [4.69, 9.17) is 0 Å². The number of rotatable bonds is 6. The molecule has 2 rings (SSSR count). The molecule has 0 saturated carbocycles. The molecule has 2 aromatic rings. The number of halogens is 1. The minimum Gasteiger partial charge on any atom is -0.350 e. The summed E-state index contributed by atoms with van der Waals surface area (Å²) in [4.78, 5) is 20.9. The van der Waals surface area contributed by atoms with Crippen LogP contribution in [0.5, 0.6) is 0 Å². The zero-order chi connectivity index (χ0) is 19.1. The molecule has 6 nitrogen and oxygen atoms in total. The molecular formula is C18H24BrN5OS. The summed E-state index contributed by atoms with van der Waals surface area (Å²) in [7, 11) is 1.67. The van der Waals surface area contributed by atoms with Crippen LogP contribution in [0, 0.1) is 6.92 Å². The number of nitrogens with one attached hydrogen (secondary N) is 3. The Labute approximate surface area is 166 Å². The van der Waals surface area contributed by atoms with E-state index in [2.05, 4.69) is 61.1 Å². The third-order valence-corrected chi connectivity index (χ3v) is 5.04. The number of anilines is 1. The quantitative estimate of drug-likeness (QED) is 0.475. The summed E-state index contributed by atoms with van der Waals surface area (Å²) in [5, 5.41) is 12.2. The van der Waals surface area contributed by atoms with E-state index in [1.807, 2.05) is 25.1 Å². The van der Waals surface area contributed by atoms with E-state index < -0.39 is 0 Å². The predicted molar refractivity (Wildman–Crippen MR) is 112 cm³/mol. The Morgan fingerprint density at radius 2 is 2.12 bits per heavy atom. The minimum atomic E-state index is -0.134. The zero-order valence-electron chi connectivity index (χ0n) is 15.4. The van der Waals surface area contributed by atoms with Gasteiger partial charge in [-0.2, -0.15) is 0 Å². The fourth-order valence-electron chi connectivity index (χ4n) is 2.14. The number of nitrogens with zero attached hydrogens (tertiary/aromatic N) is 2. The van der Waals surface area contributed by atoms with Crippen molar-refractivity contribution in [1.29, 1.82) is 0 Å². The first-order chi connectivity index (χ1) is 12.4. The highest BCUT2D eigenvalue weighted by Gasteiger charge is 2.09. The minimum absolute atomic E-state index is 0.126. The molecule has 140 valence electrons. The van der Waals surface area contributed by atoms with Gasteiger partial charge in [0.2, 0.25) is 5.91 Å². The Hall–Kier alpha value is -1.93. The first-order valence-electron chi connectivity index (χ1n) is 8.34. The van der Waals surface area contributed by atoms with Gasteiger partial charge in [0.25, 0.3) is 0 Å². The van der Waals surface area contributed by atoms with Gasteiger partial charge in [0, 0.05) is 22.6 Å². The van der Waals surface area contributed by atoms with Crippen molar-refractivity contribution in [3.8, 4) is 0 Å². The summed E-state index contributed by atoms with van der Waals surface area (Å²) in [6.45, 7) is 6.90. The number of hydrogen-bond donors (Lipinski definition) is 3. The van der Waals surface area contributed by atoms with Gasteiger partial charge in [-0.05, 0) is 30.5 Å². The van der Waals surface area contributed by atoms with Crippen molar-refractivity contribution in [2.45, 2.75) is 33.2 Å². The Morgan fingerprint density at radius 1 is 1.35 bits per heavy atom. The Kier molecular flexibility index (Phi) is 7.59. The van der Waals surface area contributed by atoms with Crippen LogP contribution in [0.2, 0.25) is 0 Å². The first-order valence-corrected chi connectivity index (χ1v) is 10.0. The Morgan fingerprint density at radius 3 is 2.77 bits per heavy atom. The summed E-state index contributed by atoms with van der Waals surface area (Å²) < 4.78 is 0.924. The lowest BCUT2D eigenvalue weighted by molar-refractivity contribution is -0.115. The van der Waals surface area contributed by atoms with Crippen LogP contribution in [0.3, 0.4) is 0 Å². The van der Waals surface area contributed by atoms with E-state index >= 15 is 0 Å². The van der Waals surface area contributed by atoms with Crippen LogP contribution < -0.4 is 16.0 Å². The van der Waals surface area contributed by atoms with Gasteiger partial charge in [-0.1, -0.05) is 35.8 Å². The fraction of sp³-hybridized carbons (Fsp3) is 0.389. The number of thiazole rings is 1. The second kappa shape index (κ2) is 9.68. The van der Waals surface area contributed by atoms with Gasteiger partial charge in [-0.15, -0.1) is 11.3 Å². The average Bonchev–Trinajstić information content (AvgIpc) is 3.07. The largest absolute Gasteiger partial charge is 0.350 e. The number of aromatic nitrogens is 1. The van der Waals surface area contributed by atoms with Crippen LogP contribution >= 0.6 is 27.3 Å². The molecule has 0 aliphatic heterocycles. The van der Waals surface area contributed by atoms with Crippen molar-refractivity contribution in [2.24, 2.45) is 4.99 Å². The second-order valence-electron chi connectivity index (χ2n) is 6.11. The number of carbonyl (C=O) groups excluding carboxylic acids is 1. The molecule has 0 bridgehead atoms. The molecule has 0 aliphatic carbocycles. The fourth-order valence-corrected chi connectivity index (χ4v) is 3.40. The average molecular weight is 438 g/mol. The van der Waals surface area contributed by atoms with Gasteiger partial charge in [0.15, 0.2) is 5.96 Å².